The van der Waals surface area contributed by atoms with Crippen molar-refractivity contribution in [3.8, 4) is 0 Å². The summed E-state index contributed by atoms with van der Waals surface area (Å²) in [4.78, 5) is 6.95. The molecule has 1 aliphatic heterocycles. The second kappa shape index (κ2) is 4.87. The van der Waals surface area contributed by atoms with Crippen molar-refractivity contribution in [2.45, 2.75) is 38.1 Å². The molecular formula is C16H23N3. The Morgan fingerprint density at radius 2 is 2.05 bits per heavy atom. The SMILES string of the molecule is CCCC1(c2ccccc2)CN=C(N)N1CC1CC1. The summed E-state index contributed by atoms with van der Waals surface area (Å²) in [5.74, 6) is 1.57. The molecule has 1 unspecified atom stereocenters. The quantitative estimate of drug-likeness (QED) is 0.881. The van der Waals surface area contributed by atoms with Crippen LogP contribution in [0.1, 0.15) is 38.2 Å². The molecule has 1 aromatic carbocycles. The van der Waals surface area contributed by atoms with Gasteiger partial charge in [-0.05, 0) is 30.7 Å². The van der Waals surface area contributed by atoms with Gasteiger partial charge in [0.2, 0.25) is 0 Å². The zero-order chi connectivity index (χ0) is 13.3. The number of nitrogens with zero attached hydrogens (tertiary/aromatic N) is 2. The fourth-order valence-electron chi connectivity index (χ4n) is 3.20. The Balaban J connectivity index is 1.94. The standard InChI is InChI=1S/C16H23N3/c1-2-10-16(14-6-4-3-5-7-14)12-18-15(17)19(16)11-13-8-9-13/h3-7,13H,2,8-12H2,1H3,(H2,17,18). The maximum absolute atomic E-state index is 6.17. The minimum atomic E-state index is 0.00266. The molecular weight excluding hydrogens is 234 g/mol. The third-order valence-electron chi connectivity index (χ3n) is 4.41. The molecule has 2 N–H and O–H groups in total. The second-order valence-electron chi connectivity index (χ2n) is 5.88. The van der Waals surface area contributed by atoms with Crippen LogP contribution in [0.5, 0.6) is 0 Å². The van der Waals surface area contributed by atoms with E-state index < -0.39 is 0 Å². The summed E-state index contributed by atoms with van der Waals surface area (Å²) >= 11 is 0. The number of hydrogen-bond donors (Lipinski definition) is 1. The predicted octanol–water partition coefficient (Wildman–Crippen LogP) is 2.72. The first-order valence-corrected chi connectivity index (χ1v) is 7.39. The molecule has 1 aromatic rings. The van der Waals surface area contributed by atoms with Gasteiger partial charge in [0.15, 0.2) is 5.96 Å². The summed E-state index contributed by atoms with van der Waals surface area (Å²) < 4.78 is 0. The minimum absolute atomic E-state index is 0.00266. The van der Waals surface area contributed by atoms with E-state index in [1.165, 1.54) is 18.4 Å². The van der Waals surface area contributed by atoms with E-state index in [4.69, 9.17) is 5.73 Å². The Hall–Kier alpha value is -1.51. The lowest BCUT2D eigenvalue weighted by atomic mass is 9.84. The van der Waals surface area contributed by atoms with Gasteiger partial charge in [0.1, 0.15) is 0 Å². The molecule has 19 heavy (non-hydrogen) atoms. The zero-order valence-electron chi connectivity index (χ0n) is 11.7. The Morgan fingerprint density at radius 1 is 1.32 bits per heavy atom. The van der Waals surface area contributed by atoms with Crippen molar-refractivity contribution in [1.29, 1.82) is 0 Å². The Morgan fingerprint density at radius 3 is 2.68 bits per heavy atom. The molecule has 0 saturated heterocycles. The van der Waals surface area contributed by atoms with Crippen LogP contribution >= 0.6 is 0 Å². The highest BCUT2D eigenvalue weighted by molar-refractivity contribution is 5.81. The van der Waals surface area contributed by atoms with Crippen molar-refractivity contribution in [1.82, 2.24) is 4.90 Å². The van der Waals surface area contributed by atoms with Crippen LogP contribution in [0.4, 0.5) is 0 Å². The second-order valence-corrected chi connectivity index (χ2v) is 5.88. The highest BCUT2D eigenvalue weighted by atomic mass is 15.4. The lowest BCUT2D eigenvalue weighted by Crippen LogP contribution is -2.50. The van der Waals surface area contributed by atoms with Gasteiger partial charge in [-0.2, -0.15) is 0 Å². The molecule has 0 bridgehead atoms. The third kappa shape index (κ3) is 2.22. The van der Waals surface area contributed by atoms with E-state index in [1.807, 2.05) is 0 Å². The summed E-state index contributed by atoms with van der Waals surface area (Å²) in [6.07, 6.45) is 4.97. The highest BCUT2D eigenvalue weighted by Crippen LogP contribution is 2.40. The van der Waals surface area contributed by atoms with Crippen molar-refractivity contribution >= 4 is 5.96 Å². The molecule has 3 rings (SSSR count). The van der Waals surface area contributed by atoms with Gasteiger partial charge >= 0.3 is 0 Å². The van der Waals surface area contributed by atoms with Crippen molar-refractivity contribution in [3.63, 3.8) is 0 Å². The maximum atomic E-state index is 6.17. The molecule has 102 valence electrons. The van der Waals surface area contributed by atoms with Gasteiger partial charge in [-0.15, -0.1) is 0 Å². The third-order valence-corrected chi connectivity index (χ3v) is 4.41. The molecule has 0 spiro atoms. The van der Waals surface area contributed by atoms with Crippen LogP contribution in [0.2, 0.25) is 0 Å². The lowest BCUT2D eigenvalue weighted by molar-refractivity contribution is 0.178. The molecule has 1 aliphatic carbocycles. The first kappa shape index (κ1) is 12.5. The maximum Gasteiger partial charge on any atom is 0.192 e. The fourth-order valence-corrected chi connectivity index (χ4v) is 3.20. The number of guanidine groups is 1. The summed E-state index contributed by atoms with van der Waals surface area (Å²) in [6.45, 7) is 4.13. The normalized spacial score (nSPS) is 26.6. The van der Waals surface area contributed by atoms with Crippen molar-refractivity contribution < 1.29 is 0 Å². The highest BCUT2D eigenvalue weighted by Gasteiger charge is 2.44. The van der Waals surface area contributed by atoms with Crippen molar-refractivity contribution in [2.75, 3.05) is 13.1 Å². The van der Waals surface area contributed by atoms with Crippen LogP contribution < -0.4 is 5.73 Å². The molecule has 1 fully saturated rings. The number of nitrogens with two attached hydrogens (primary N) is 1. The average molecular weight is 257 g/mol. The van der Waals surface area contributed by atoms with Crippen LogP contribution in [0, 0.1) is 5.92 Å². The van der Waals surface area contributed by atoms with Gasteiger partial charge in [-0.25, -0.2) is 0 Å². The number of aliphatic imine (C=N–C) groups is 1. The van der Waals surface area contributed by atoms with E-state index in [9.17, 15) is 0 Å². The number of hydrogen-bond acceptors (Lipinski definition) is 3. The van der Waals surface area contributed by atoms with Gasteiger partial charge in [0.25, 0.3) is 0 Å². The van der Waals surface area contributed by atoms with Crippen molar-refractivity contribution in [3.05, 3.63) is 35.9 Å². The van der Waals surface area contributed by atoms with E-state index in [2.05, 4.69) is 47.1 Å². The largest absolute Gasteiger partial charge is 0.370 e. The number of rotatable bonds is 5. The zero-order valence-corrected chi connectivity index (χ0v) is 11.7. The van der Waals surface area contributed by atoms with Gasteiger partial charge in [-0.3, -0.25) is 4.99 Å². The van der Waals surface area contributed by atoms with Crippen LogP contribution in [0.15, 0.2) is 35.3 Å². The van der Waals surface area contributed by atoms with E-state index in [0.29, 0.717) is 0 Å². The minimum Gasteiger partial charge on any atom is -0.370 e. The van der Waals surface area contributed by atoms with Crippen LogP contribution in [-0.4, -0.2) is 23.9 Å². The summed E-state index contributed by atoms with van der Waals surface area (Å²) in [6, 6.07) is 10.8. The van der Waals surface area contributed by atoms with Gasteiger partial charge in [-0.1, -0.05) is 43.7 Å². The van der Waals surface area contributed by atoms with Gasteiger partial charge in [0, 0.05) is 6.54 Å². The van der Waals surface area contributed by atoms with Gasteiger partial charge < -0.3 is 10.6 Å². The Labute approximate surface area is 115 Å². The number of benzene rings is 1. The molecule has 0 radical (unpaired) electrons. The van der Waals surface area contributed by atoms with Crippen LogP contribution in [0.3, 0.4) is 0 Å². The van der Waals surface area contributed by atoms with E-state index in [-0.39, 0.29) is 5.54 Å². The monoisotopic (exact) mass is 257 g/mol. The molecule has 3 nitrogen and oxygen atoms in total. The summed E-state index contributed by atoms with van der Waals surface area (Å²) in [5, 5.41) is 0. The average Bonchev–Trinajstić information content (AvgIpc) is 3.20. The molecule has 2 aliphatic rings. The molecule has 1 heterocycles. The Bertz CT molecular complexity index is 464. The van der Waals surface area contributed by atoms with Crippen molar-refractivity contribution in [2.24, 2.45) is 16.6 Å². The topological polar surface area (TPSA) is 41.6 Å². The molecule has 1 saturated carbocycles. The summed E-state index contributed by atoms with van der Waals surface area (Å²) in [5.41, 5.74) is 7.54. The van der Waals surface area contributed by atoms with Gasteiger partial charge in [0.05, 0.1) is 12.1 Å². The van der Waals surface area contributed by atoms with E-state index in [1.54, 1.807) is 0 Å². The van der Waals surface area contributed by atoms with E-state index >= 15 is 0 Å². The van der Waals surface area contributed by atoms with Crippen LogP contribution in [0.25, 0.3) is 0 Å². The molecule has 0 amide bonds. The molecule has 0 aromatic heterocycles. The predicted molar refractivity (Wildman–Crippen MR) is 78.9 cm³/mol. The summed E-state index contributed by atoms with van der Waals surface area (Å²) in [7, 11) is 0. The first-order chi connectivity index (χ1) is 9.26. The molecule has 1 atom stereocenters. The van der Waals surface area contributed by atoms with Crippen LogP contribution in [-0.2, 0) is 5.54 Å². The lowest BCUT2D eigenvalue weighted by Gasteiger charge is -2.40. The smallest absolute Gasteiger partial charge is 0.192 e. The Kier molecular flexibility index (Phi) is 3.21. The van der Waals surface area contributed by atoms with E-state index in [0.717, 1.165) is 37.8 Å². The fraction of sp³-hybridized carbons (Fsp3) is 0.562. The first-order valence-electron chi connectivity index (χ1n) is 7.39. The molecule has 3 heteroatoms.